The van der Waals surface area contributed by atoms with E-state index in [9.17, 15) is 16.8 Å². The average molecular weight is 346 g/mol. The number of primary sulfonamides is 1. The number of rotatable bonds is 4. The largest absolute Gasteiger partial charge is 0.279 e. The van der Waals surface area contributed by atoms with E-state index < -0.39 is 20.0 Å². The lowest BCUT2D eigenvalue weighted by molar-refractivity contribution is 0.597. The normalized spacial score (nSPS) is 12.3. The molecule has 1 aromatic carbocycles. The lowest BCUT2D eigenvalue weighted by Crippen LogP contribution is -2.14. The molecule has 2 aromatic rings. The Morgan fingerprint density at radius 2 is 1.71 bits per heavy atom. The SMILES string of the molecule is Cc1ccc(S(=O)(=O)Nc2ccc(S(N)(=O)=O)cc2C)s1. The van der Waals surface area contributed by atoms with Gasteiger partial charge in [-0.3, -0.25) is 4.72 Å². The molecule has 0 aliphatic rings. The van der Waals surface area contributed by atoms with E-state index in [1.54, 1.807) is 13.0 Å². The Kier molecular flexibility index (Phi) is 4.11. The van der Waals surface area contributed by atoms with Gasteiger partial charge in [0.25, 0.3) is 10.0 Å². The van der Waals surface area contributed by atoms with Gasteiger partial charge in [-0.1, -0.05) is 0 Å². The summed E-state index contributed by atoms with van der Waals surface area (Å²) in [7, 11) is -7.49. The van der Waals surface area contributed by atoms with Crippen LogP contribution in [0.1, 0.15) is 10.4 Å². The summed E-state index contributed by atoms with van der Waals surface area (Å²) in [6.45, 7) is 3.42. The van der Waals surface area contributed by atoms with Crippen LogP contribution in [0.15, 0.2) is 39.4 Å². The van der Waals surface area contributed by atoms with Crippen LogP contribution in [0.3, 0.4) is 0 Å². The van der Waals surface area contributed by atoms with Crippen LogP contribution in [0.25, 0.3) is 0 Å². The molecular weight excluding hydrogens is 332 g/mol. The molecule has 1 heterocycles. The Morgan fingerprint density at radius 3 is 2.19 bits per heavy atom. The fourth-order valence-electron chi connectivity index (χ4n) is 1.68. The quantitative estimate of drug-likeness (QED) is 0.880. The van der Waals surface area contributed by atoms with Gasteiger partial charge >= 0.3 is 0 Å². The summed E-state index contributed by atoms with van der Waals surface area (Å²) in [5.74, 6) is 0. The third kappa shape index (κ3) is 3.62. The summed E-state index contributed by atoms with van der Waals surface area (Å²) in [6, 6.07) is 7.21. The topological polar surface area (TPSA) is 106 Å². The Morgan fingerprint density at radius 1 is 1.05 bits per heavy atom. The minimum Gasteiger partial charge on any atom is -0.279 e. The molecule has 0 aliphatic heterocycles. The van der Waals surface area contributed by atoms with Crippen LogP contribution in [-0.2, 0) is 20.0 Å². The van der Waals surface area contributed by atoms with E-state index in [0.29, 0.717) is 11.3 Å². The van der Waals surface area contributed by atoms with Gasteiger partial charge in [-0.2, -0.15) is 0 Å². The van der Waals surface area contributed by atoms with Crippen LogP contribution in [-0.4, -0.2) is 16.8 Å². The van der Waals surface area contributed by atoms with Crippen molar-refractivity contribution in [2.45, 2.75) is 23.0 Å². The average Bonchev–Trinajstić information content (AvgIpc) is 2.78. The van der Waals surface area contributed by atoms with Crippen LogP contribution in [0.5, 0.6) is 0 Å². The van der Waals surface area contributed by atoms with Gasteiger partial charge in [-0.25, -0.2) is 22.0 Å². The van der Waals surface area contributed by atoms with Crippen LogP contribution in [0, 0.1) is 13.8 Å². The van der Waals surface area contributed by atoms with Gasteiger partial charge in [-0.05, 0) is 49.7 Å². The molecule has 2 rings (SSSR count). The highest BCUT2D eigenvalue weighted by Gasteiger charge is 2.18. The molecule has 6 nitrogen and oxygen atoms in total. The van der Waals surface area contributed by atoms with Crippen LogP contribution in [0.2, 0.25) is 0 Å². The molecular formula is C12H14N2O4S3. The van der Waals surface area contributed by atoms with Gasteiger partial charge in [0.15, 0.2) is 0 Å². The van der Waals surface area contributed by atoms with Gasteiger partial charge < -0.3 is 0 Å². The van der Waals surface area contributed by atoms with Gasteiger partial charge in [0.1, 0.15) is 4.21 Å². The van der Waals surface area contributed by atoms with E-state index in [0.717, 1.165) is 16.2 Å². The fraction of sp³-hybridized carbons (Fsp3) is 0.167. The number of sulfonamides is 2. The first-order valence-corrected chi connectivity index (χ1v) is 9.67. The number of aryl methyl sites for hydroxylation is 2. The van der Waals surface area contributed by atoms with Crippen LogP contribution >= 0.6 is 11.3 Å². The third-order valence-corrected chi connectivity index (χ3v) is 6.52. The van der Waals surface area contributed by atoms with Gasteiger partial charge in [0.05, 0.1) is 10.6 Å². The van der Waals surface area contributed by atoms with Crippen molar-refractivity contribution < 1.29 is 16.8 Å². The second-order valence-electron chi connectivity index (χ2n) is 4.49. The van der Waals surface area contributed by atoms with Gasteiger partial charge in [0.2, 0.25) is 10.0 Å². The van der Waals surface area contributed by atoms with E-state index in [1.165, 1.54) is 24.3 Å². The number of hydrogen-bond donors (Lipinski definition) is 2. The molecule has 3 N–H and O–H groups in total. The first-order chi connectivity index (χ1) is 9.59. The molecule has 21 heavy (non-hydrogen) atoms. The Labute approximate surface area is 127 Å². The molecule has 0 aliphatic carbocycles. The lowest BCUT2D eigenvalue weighted by atomic mass is 10.2. The van der Waals surface area contributed by atoms with Crippen molar-refractivity contribution >= 4 is 37.1 Å². The van der Waals surface area contributed by atoms with Crippen molar-refractivity contribution in [1.82, 2.24) is 0 Å². The number of benzene rings is 1. The predicted octanol–water partition coefficient (Wildman–Crippen LogP) is 1.81. The van der Waals surface area contributed by atoms with Crippen LogP contribution < -0.4 is 9.86 Å². The van der Waals surface area contributed by atoms with E-state index in [2.05, 4.69) is 4.72 Å². The molecule has 0 spiro atoms. The highest BCUT2D eigenvalue weighted by atomic mass is 32.2. The zero-order valence-corrected chi connectivity index (χ0v) is 13.8. The molecule has 0 unspecified atom stereocenters. The smallest absolute Gasteiger partial charge is 0.271 e. The second kappa shape index (κ2) is 5.41. The van der Waals surface area contributed by atoms with Gasteiger partial charge in [0, 0.05) is 4.88 Å². The highest BCUT2D eigenvalue weighted by molar-refractivity contribution is 7.94. The van der Waals surface area contributed by atoms with Crippen molar-refractivity contribution in [3.63, 3.8) is 0 Å². The molecule has 0 radical (unpaired) electrons. The van der Waals surface area contributed by atoms with E-state index in [1.807, 2.05) is 6.92 Å². The van der Waals surface area contributed by atoms with Crippen molar-refractivity contribution in [2.75, 3.05) is 4.72 Å². The third-order valence-electron chi connectivity index (χ3n) is 2.75. The first-order valence-electron chi connectivity index (χ1n) is 5.82. The monoisotopic (exact) mass is 346 g/mol. The molecule has 0 amide bonds. The fourth-order valence-corrected chi connectivity index (χ4v) is 4.69. The molecule has 0 saturated carbocycles. The van der Waals surface area contributed by atoms with Crippen molar-refractivity contribution in [1.29, 1.82) is 0 Å². The summed E-state index contributed by atoms with van der Waals surface area (Å²) < 4.78 is 49.5. The maximum atomic E-state index is 12.2. The predicted molar refractivity (Wildman–Crippen MR) is 82.4 cm³/mol. The summed E-state index contributed by atoms with van der Waals surface area (Å²) in [6.07, 6.45) is 0. The van der Waals surface area contributed by atoms with Crippen LogP contribution in [0.4, 0.5) is 5.69 Å². The van der Waals surface area contributed by atoms with Gasteiger partial charge in [-0.15, -0.1) is 11.3 Å². The lowest BCUT2D eigenvalue weighted by Gasteiger charge is -2.10. The summed E-state index contributed by atoms with van der Waals surface area (Å²) in [5, 5.41) is 5.03. The Bertz CT molecular complexity index is 883. The summed E-state index contributed by atoms with van der Waals surface area (Å²) >= 11 is 1.16. The standard InChI is InChI=1S/C12H14N2O4S3/c1-8-7-10(20(13,15)16)4-5-11(8)14-21(17,18)12-6-3-9(2)19-12/h3-7,14H,1-2H3,(H2,13,15,16). The number of anilines is 1. The Hall–Kier alpha value is -1.42. The molecule has 0 atom stereocenters. The number of thiophene rings is 1. The summed E-state index contributed by atoms with van der Waals surface area (Å²) in [4.78, 5) is 0.826. The zero-order valence-electron chi connectivity index (χ0n) is 11.3. The zero-order chi connectivity index (χ0) is 15.8. The van der Waals surface area contributed by atoms with Crippen molar-refractivity contribution in [2.24, 2.45) is 5.14 Å². The minimum atomic E-state index is -3.81. The maximum absolute atomic E-state index is 12.2. The number of hydrogen-bond acceptors (Lipinski definition) is 5. The van der Waals surface area contributed by atoms with E-state index in [4.69, 9.17) is 5.14 Å². The minimum absolute atomic E-state index is 0.0603. The molecule has 1 aromatic heterocycles. The highest BCUT2D eigenvalue weighted by Crippen LogP contribution is 2.26. The molecule has 114 valence electrons. The molecule has 0 bridgehead atoms. The molecule has 9 heteroatoms. The second-order valence-corrected chi connectivity index (χ2v) is 9.25. The molecule has 0 saturated heterocycles. The van der Waals surface area contributed by atoms with E-state index in [-0.39, 0.29) is 9.10 Å². The number of nitrogens with two attached hydrogens (primary N) is 1. The maximum Gasteiger partial charge on any atom is 0.271 e. The van der Waals surface area contributed by atoms with Crippen molar-refractivity contribution in [3.05, 3.63) is 40.8 Å². The Balaban J connectivity index is 2.36. The van der Waals surface area contributed by atoms with Crippen molar-refractivity contribution in [3.8, 4) is 0 Å². The number of nitrogens with one attached hydrogen (secondary N) is 1. The molecule has 0 fully saturated rings. The van der Waals surface area contributed by atoms with E-state index >= 15 is 0 Å². The first kappa shape index (κ1) is 16.0. The summed E-state index contributed by atoms with van der Waals surface area (Å²) in [5.41, 5.74) is 0.784.